The third kappa shape index (κ3) is 4.32. The molecule has 0 amide bonds. The zero-order valence-corrected chi connectivity index (χ0v) is 11.1. The molecule has 0 bridgehead atoms. The van der Waals surface area contributed by atoms with E-state index in [-0.39, 0.29) is 29.5 Å². The maximum atomic E-state index is 13.9. The van der Waals surface area contributed by atoms with Gasteiger partial charge in [0.2, 0.25) is 0 Å². The highest BCUT2D eigenvalue weighted by molar-refractivity contribution is 5.97. The molecule has 0 radical (unpaired) electrons. The molecule has 0 aromatic heterocycles. The van der Waals surface area contributed by atoms with Crippen molar-refractivity contribution < 1.29 is 22.8 Å². The molecule has 0 saturated heterocycles. The van der Waals surface area contributed by atoms with Crippen LogP contribution in [0.3, 0.4) is 0 Å². The lowest BCUT2D eigenvalue weighted by Gasteiger charge is -2.23. The van der Waals surface area contributed by atoms with Gasteiger partial charge in [0.25, 0.3) is 0 Å². The number of rotatable bonds is 5. The van der Waals surface area contributed by atoms with Gasteiger partial charge < -0.3 is 10.9 Å². The van der Waals surface area contributed by atoms with Gasteiger partial charge in [0.05, 0.1) is 6.54 Å². The zero-order chi connectivity index (χ0) is 15.6. The summed E-state index contributed by atoms with van der Waals surface area (Å²) in [6.45, 7) is -1.18. The van der Waals surface area contributed by atoms with Crippen molar-refractivity contribution in [3.63, 3.8) is 0 Å². The molecule has 2 rings (SSSR count). The molecule has 3 N–H and O–H groups in total. The summed E-state index contributed by atoms with van der Waals surface area (Å²) in [5.74, 6) is -0.929. The summed E-state index contributed by atoms with van der Waals surface area (Å²) in [5.41, 5.74) is 5.66. The molecule has 1 aliphatic rings. The number of alkyl halides is 3. The molecule has 0 aliphatic heterocycles. The second-order valence-electron chi connectivity index (χ2n) is 5.04. The molecule has 0 atom stereocenters. The summed E-state index contributed by atoms with van der Waals surface area (Å²) in [6, 6.07) is 3.67. The average Bonchev–Trinajstić information content (AvgIpc) is 3.22. The topological polar surface area (TPSA) is 61.9 Å². The fourth-order valence-corrected chi connectivity index (χ4v) is 2.10. The molecule has 21 heavy (non-hydrogen) atoms. The van der Waals surface area contributed by atoms with Gasteiger partial charge in [-0.05, 0) is 18.9 Å². The number of oxime groups is 1. The number of halogens is 4. The summed E-state index contributed by atoms with van der Waals surface area (Å²) in [5, 5.41) is 11.3. The molecular formula is C13H15F4N3O. The molecule has 0 spiro atoms. The molecule has 1 aromatic rings. The van der Waals surface area contributed by atoms with Crippen molar-refractivity contribution in [3.8, 4) is 0 Å². The first-order valence-corrected chi connectivity index (χ1v) is 6.37. The van der Waals surface area contributed by atoms with Gasteiger partial charge in [0, 0.05) is 23.7 Å². The third-order valence-corrected chi connectivity index (χ3v) is 3.28. The van der Waals surface area contributed by atoms with Gasteiger partial charge in [-0.25, -0.2) is 4.39 Å². The minimum Gasteiger partial charge on any atom is -0.409 e. The van der Waals surface area contributed by atoms with Gasteiger partial charge in [-0.15, -0.1) is 0 Å². The number of nitrogens with two attached hydrogens (primary N) is 1. The van der Waals surface area contributed by atoms with Crippen LogP contribution in [-0.2, 0) is 6.54 Å². The Bertz CT molecular complexity index is 541. The van der Waals surface area contributed by atoms with Crippen molar-refractivity contribution in [2.24, 2.45) is 10.9 Å². The predicted octanol–water partition coefficient (Wildman–Crippen LogP) is 2.45. The van der Waals surface area contributed by atoms with Crippen molar-refractivity contribution in [3.05, 3.63) is 35.1 Å². The second-order valence-corrected chi connectivity index (χ2v) is 5.04. The standard InChI is InChI=1S/C13H15F4N3O/c14-11-5-8(12(18)19-21)1-2-9(11)6-20(10-3-4-10)7-13(15,16)17/h1-2,5,10,21H,3-4,6-7H2,(H2,18,19). The van der Waals surface area contributed by atoms with Crippen LogP contribution >= 0.6 is 0 Å². The average molecular weight is 305 g/mol. The summed E-state index contributed by atoms with van der Waals surface area (Å²) in [6.07, 6.45) is -2.92. The quantitative estimate of drug-likeness (QED) is 0.289. The highest BCUT2D eigenvalue weighted by Crippen LogP contribution is 2.31. The fraction of sp³-hybridized carbons (Fsp3) is 0.462. The highest BCUT2D eigenvalue weighted by atomic mass is 19.4. The lowest BCUT2D eigenvalue weighted by Crippen LogP contribution is -2.35. The van der Waals surface area contributed by atoms with E-state index in [9.17, 15) is 17.6 Å². The van der Waals surface area contributed by atoms with E-state index < -0.39 is 18.5 Å². The molecule has 1 saturated carbocycles. The summed E-state index contributed by atoms with van der Waals surface area (Å²) < 4.78 is 51.5. The third-order valence-electron chi connectivity index (χ3n) is 3.28. The van der Waals surface area contributed by atoms with E-state index in [0.717, 1.165) is 6.07 Å². The maximum absolute atomic E-state index is 13.9. The molecule has 8 heteroatoms. The van der Waals surface area contributed by atoms with E-state index in [1.165, 1.54) is 17.0 Å². The van der Waals surface area contributed by atoms with Crippen LogP contribution in [0, 0.1) is 5.82 Å². The van der Waals surface area contributed by atoms with E-state index in [1.54, 1.807) is 0 Å². The van der Waals surface area contributed by atoms with Crippen molar-refractivity contribution in [2.45, 2.75) is 31.6 Å². The molecule has 0 unspecified atom stereocenters. The maximum Gasteiger partial charge on any atom is 0.401 e. The number of hydrogen-bond acceptors (Lipinski definition) is 3. The van der Waals surface area contributed by atoms with Crippen molar-refractivity contribution in [1.82, 2.24) is 4.90 Å². The Kier molecular flexibility index (Phi) is 4.36. The zero-order valence-electron chi connectivity index (χ0n) is 11.1. The van der Waals surface area contributed by atoms with Crippen LogP contribution in [0.15, 0.2) is 23.4 Å². The van der Waals surface area contributed by atoms with E-state index in [4.69, 9.17) is 10.9 Å². The first-order chi connectivity index (χ1) is 9.80. The van der Waals surface area contributed by atoms with Crippen LogP contribution in [0.1, 0.15) is 24.0 Å². The molecule has 1 aromatic carbocycles. The Hall–Kier alpha value is -1.83. The lowest BCUT2D eigenvalue weighted by molar-refractivity contribution is -0.148. The molecule has 0 heterocycles. The Labute approximate surface area is 118 Å². The van der Waals surface area contributed by atoms with Gasteiger partial charge in [0.15, 0.2) is 5.84 Å². The first kappa shape index (κ1) is 15.6. The minimum atomic E-state index is -4.31. The number of nitrogens with zero attached hydrogens (tertiary/aromatic N) is 2. The number of amidine groups is 1. The Morgan fingerprint density at radius 2 is 2.05 bits per heavy atom. The Morgan fingerprint density at radius 3 is 2.52 bits per heavy atom. The van der Waals surface area contributed by atoms with Crippen LogP contribution in [0.2, 0.25) is 0 Å². The van der Waals surface area contributed by atoms with Crippen LogP contribution in [0.5, 0.6) is 0 Å². The van der Waals surface area contributed by atoms with Crippen molar-refractivity contribution >= 4 is 5.84 Å². The van der Waals surface area contributed by atoms with E-state index in [2.05, 4.69) is 5.16 Å². The van der Waals surface area contributed by atoms with Crippen molar-refractivity contribution in [1.29, 1.82) is 0 Å². The van der Waals surface area contributed by atoms with Crippen LogP contribution in [0.25, 0.3) is 0 Å². The van der Waals surface area contributed by atoms with Crippen LogP contribution in [0.4, 0.5) is 17.6 Å². The van der Waals surface area contributed by atoms with E-state index in [0.29, 0.717) is 12.8 Å². The molecule has 116 valence electrons. The molecule has 1 aliphatic carbocycles. The van der Waals surface area contributed by atoms with Gasteiger partial charge >= 0.3 is 6.18 Å². The van der Waals surface area contributed by atoms with Crippen LogP contribution < -0.4 is 5.73 Å². The normalized spacial score (nSPS) is 16.5. The smallest absolute Gasteiger partial charge is 0.401 e. The number of hydrogen-bond donors (Lipinski definition) is 2. The fourth-order valence-electron chi connectivity index (χ4n) is 2.10. The molecule has 4 nitrogen and oxygen atoms in total. The predicted molar refractivity (Wildman–Crippen MR) is 68.4 cm³/mol. The van der Waals surface area contributed by atoms with Crippen molar-refractivity contribution in [2.75, 3.05) is 6.54 Å². The van der Waals surface area contributed by atoms with Crippen LogP contribution in [-0.4, -0.2) is 34.7 Å². The number of benzene rings is 1. The largest absolute Gasteiger partial charge is 0.409 e. The van der Waals surface area contributed by atoms with E-state index in [1.807, 2.05) is 0 Å². The monoisotopic (exact) mass is 305 g/mol. The molecular weight excluding hydrogens is 290 g/mol. The van der Waals surface area contributed by atoms with Gasteiger partial charge in [0.1, 0.15) is 5.82 Å². The van der Waals surface area contributed by atoms with Gasteiger partial charge in [-0.3, -0.25) is 4.90 Å². The summed E-state index contributed by atoms with van der Waals surface area (Å²) in [7, 11) is 0. The van der Waals surface area contributed by atoms with Gasteiger partial charge in [-0.1, -0.05) is 17.3 Å². The molecule has 1 fully saturated rings. The summed E-state index contributed by atoms with van der Waals surface area (Å²) in [4.78, 5) is 1.22. The first-order valence-electron chi connectivity index (χ1n) is 6.37. The highest BCUT2D eigenvalue weighted by Gasteiger charge is 2.38. The Balaban J connectivity index is 2.14. The summed E-state index contributed by atoms with van der Waals surface area (Å²) >= 11 is 0. The minimum absolute atomic E-state index is 0.119. The SMILES string of the molecule is NC(=NO)c1ccc(CN(CC(F)(F)F)C2CC2)c(F)c1. The lowest BCUT2D eigenvalue weighted by atomic mass is 10.1. The van der Waals surface area contributed by atoms with Gasteiger partial charge in [-0.2, -0.15) is 13.2 Å². The second kappa shape index (κ2) is 5.88. The van der Waals surface area contributed by atoms with E-state index >= 15 is 0 Å². The Morgan fingerprint density at radius 1 is 1.38 bits per heavy atom.